The number of Topliss-reactive ketones (excluding diaryl/α,β-unsaturated/α-hetero) is 1. The first kappa shape index (κ1) is 18.4. The molecule has 5 nitrogen and oxygen atoms in total. The number of ketones is 1. The molecule has 124 valence electrons. The van der Waals surface area contributed by atoms with Gasteiger partial charge >= 0.3 is 0 Å². The molecular weight excluding hydrogens is 282 g/mol. The molecule has 22 heavy (non-hydrogen) atoms. The minimum atomic E-state index is -1.27. The number of rotatable bonds is 8. The summed E-state index contributed by atoms with van der Waals surface area (Å²) in [6, 6.07) is -0.983. The highest BCUT2D eigenvalue weighted by atomic mass is 16.4. The van der Waals surface area contributed by atoms with Crippen LogP contribution in [0.2, 0.25) is 0 Å². The van der Waals surface area contributed by atoms with Crippen molar-refractivity contribution in [2.45, 2.75) is 58.9 Å². The second-order valence-electron chi connectivity index (χ2n) is 6.30. The topological polar surface area (TPSA) is 86.3 Å². The van der Waals surface area contributed by atoms with Gasteiger partial charge in [-0.3, -0.25) is 9.59 Å². The standard InChI is InChI=1S/C17H27NO4/c1-4-5-6-7-13-12(8-9-14(13)19)10-15(20)18-16(11(2)3)17(21)22/h5-6,11-13,16H,4,7-10H2,1-3H3,(H,18,20)(H,21,22)/p-1/b6-5-/t12-,13-,16+/m1/s1. The van der Waals surface area contributed by atoms with E-state index in [0.29, 0.717) is 19.3 Å². The largest absolute Gasteiger partial charge is 0.548 e. The summed E-state index contributed by atoms with van der Waals surface area (Å²) < 4.78 is 0. The number of carbonyl (C=O) groups is 3. The van der Waals surface area contributed by atoms with Gasteiger partial charge in [0.05, 0.1) is 12.0 Å². The van der Waals surface area contributed by atoms with E-state index >= 15 is 0 Å². The molecule has 0 unspecified atom stereocenters. The zero-order valence-corrected chi connectivity index (χ0v) is 13.6. The number of hydrogen-bond donors (Lipinski definition) is 1. The van der Waals surface area contributed by atoms with Crippen LogP contribution >= 0.6 is 0 Å². The molecule has 0 aromatic heterocycles. The summed E-state index contributed by atoms with van der Waals surface area (Å²) in [5.41, 5.74) is 0. The predicted molar refractivity (Wildman–Crippen MR) is 81.7 cm³/mol. The van der Waals surface area contributed by atoms with E-state index in [2.05, 4.69) is 5.32 Å². The number of carboxylic acids is 1. The maximum Gasteiger partial charge on any atom is 0.220 e. The minimum Gasteiger partial charge on any atom is -0.548 e. The van der Waals surface area contributed by atoms with Crippen molar-refractivity contribution in [1.82, 2.24) is 5.32 Å². The van der Waals surface area contributed by atoms with Gasteiger partial charge in [0, 0.05) is 18.8 Å². The zero-order chi connectivity index (χ0) is 16.7. The first-order chi connectivity index (χ1) is 10.4. The lowest BCUT2D eigenvalue weighted by Crippen LogP contribution is -2.51. The fourth-order valence-corrected chi connectivity index (χ4v) is 2.92. The quantitative estimate of drug-likeness (QED) is 0.683. The monoisotopic (exact) mass is 308 g/mol. The van der Waals surface area contributed by atoms with Crippen molar-refractivity contribution < 1.29 is 19.5 Å². The lowest BCUT2D eigenvalue weighted by Gasteiger charge is -2.24. The third-order valence-corrected chi connectivity index (χ3v) is 4.22. The van der Waals surface area contributed by atoms with Crippen molar-refractivity contribution >= 4 is 17.7 Å². The summed E-state index contributed by atoms with van der Waals surface area (Å²) in [7, 11) is 0. The van der Waals surface area contributed by atoms with Gasteiger partial charge in [-0.25, -0.2) is 0 Å². The summed E-state index contributed by atoms with van der Waals surface area (Å²) >= 11 is 0. The van der Waals surface area contributed by atoms with Gasteiger partial charge in [-0.05, 0) is 31.1 Å². The number of amides is 1. The van der Waals surface area contributed by atoms with Crippen LogP contribution in [0.1, 0.15) is 52.9 Å². The highest BCUT2D eigenvalue weighted by molar-refractivity contribution is 5.86. The number of aliphatic carboxylic acids is 1. The molecule has 3 atom stereocenters. The fraction of sp³-hybridized carbons (Fsp3) is 0.706. The second kappa shape index (κ2) is 8.71. The summed E-state index contributed by atoms with van der Waals surface area (Å²) in [5.74, 6) is -1.72. The first-order valence-corrected chi connectivity index (χ1v) is 8.04. The van der Waals surface area contributed by atoms with Gasteiger partial charge in [0.15, 0.2) is 0 Å². The molecule has 1 fully saturated rings. The van der Waals surface area contributed by atoms with E-state index in [1.807, 2.05) is 19.1 Å². The number of hydrogen-bond acceptors (Lipinski definition) is 4. The van der Waals surface area contributed by atoms with Gasteiger partial charge < -0.3 is 15.2 Å². The van der Waals surface area contributed by atoms with Crippen LogP contribution in [0.15, 0.2) is 12.2 Å². The Morgan fingerprint density at radius 1 is 1.36 bits per heavy atom. The molecule has 0 aliphatic heterocycles. The maximum atomic E-state index is 12.1. The van der Waals surface area contributed by atoms with Gasteiger partial charge in [-0.15, -0.1) is 0 Å². The molecule has 0 aromatic carbocycles. The van der Waals surface area contributed by atoms with Crippen molar-refractivity contribution in [3.8, 4) is 0 Å². The molecule has 1 N–H and O–H groups in total. The van der Waals surface area contributed by atoms with E-state index in [9.17, 15) is 19.5 Å². The normalized spacial score (nSPS) is 23.2. The Balaban J connectivity index is 2.60. The molecular formula is C17H26NO4-. The van der Waals surface area contributed by atoms with Crippen LogP contribution in [-0.2, 0) is 14.4 Å². The van der Waals surface area contributed by atoms with Crippen LogP contribution in [0.25, 0.3) is 0 Å². The molecule has 1 rings (SSSR count). The second-order valence-corrected chi connectivity index (χ2v) is 6.30. The molecule has 5 heteroatoms. The molecule has 1 amide bonds. The fourth-order valence-electron chi connectivity index (χ4n) is 2.92. The van der Waals surface area contributed by atoms with Crippen molar-refractivity contribution in [1.29, 1.82) is 0 Å². The van der Waals surface area contributed by atoms with Crippen molar-refractivity contribution in [2.75, 3.05) is 0 Å². The minimum absolute atomic E-state index is 0.00331. The van der Waals surface area contributed by atoms with Crippen LogP contribution in [-0.4, -0.2) is 23.7 Å². The maximum absolute atomic E-state index is 12.1. The number of carbonyl (C=O) groups excluding carboxylic acids is 3. The predicted octanol–water partition coefficient (Wildman–Crippen LogP) is 1.22. The summed E-state index contributed by atoms with van der Waals surface area (Å²) in [4.78, 5) is 35.0. The van der Waals surface area contributed by atoms with Crippen LogP contribution in [0.5, 0.6) is 0 Å². The first-order valence-electron chi connectivity index (χ1n) is 8.04. The third kappa shape index (κ3) is 5.28. The van der Waals surface area contributed by atoms with Crippen LogP contribution in [0.4, 0.5) is 0 Å². The molecule has 0 saturated heterocycles. The molecule has 0 heterocycles. The van der Waals surface area contributed by atoms with Crippen molar-refractivity contribution in [3.63, 3.8) is 0 Å². The molecule has 1 saturated carbocycles. The average Bonchev–Trinajstić information content (AvgIpc) is 2.77. The van der Waals surface area contributed by atoms with E-state index in [0.717, 1.165) is 6.42 Å². The Labute approximate surface area is 132 Å². The van der Waals surface area contributed by atoms with Crippen molar-refractivity contribution in [2.24, 2.45) is 17.8 Å². The zero-order valence-electron chi connectivity index (χ0n) is 13.6. The van der Waals surface area contributed by atoms with E-state index in [-0.39, 0.29) is 35.9 Å². The molecule has 0 radical (unpaired) electrons. The van der Waals surface area contributed by atoms with E-state index in [1.165, 1.54) is 0 Å². The lowest BCUT2D eigenvalue weighted by atomic mass is 9.89. The Kier molecular flexibility index (Phi) is 7.28. The van der Waals surface area contributed by atoms with Gasteiger partial charge in [-0.1, -0.05) is 32.9 Å². The number of carboxylic acid groups (broad SMARTS) is 1. The summed E-state index contributed by atoms with van der Waals surface area (Å²) in [6.45, 7) is 5.47. The van der Waals surface area contributed by atoms with E-state index < -0.39 is 12.0 Å². The Morgan fingerprint density at radius 2 is 2.05 bits per heavy atom. The number of nitrogens with one attached hydrogen (secondary N) is 1. The third-order valence-electron chi connectivity index (χ3n) is 4.22. The molecule has 0 bridgehead atoms. The van der Waals surface area contributed by atoms with Gasteiger partial charge in [0.2, 0.25) is 5.91 Å². The molecule has 1 aliphatic rings. The smallest absolute Gasteiger partial charge is 0.220 e. The summed E-state index contributed by atoms with van der Waals surface area (Å²) in [5, 5.41) is 13.5. The average molecular weight is 308 g/mol. The Morgan fingerprint density at radius 3 is 2.59 bits per heavy atom. The Bertz CT molecular complexity index is 442. The lowest BCUT2D eigenvalue weighted by molar-refractivity contribution is -0.309. The molecule has 0 aromatic rings. The van der Waals surface area contributed by atoms with E-state index in [1.54, 1.807) is 13.8 Å². The van der Waals surface area contributed by atoms with Crippen LogP contribution < -0.4 is 10.4 Å². The molecule has 1 aliphatic carbocycles. The van der Waals surface area contributed by atoms with E-state index in [4.69, 9.17) is 0 Å². The SMILES string of the molecule is CC/C=C\C[C@H]1C(=O)CC[C@@H]1CC(=O)N[C@H](C(=O)[O-])C(C)C. The number of allylic oxidation sites excluding steroid dienone is 2. The highest BCUT2D eigenvalue weighted by Gasteiger charge is 2.35. The van der Waals surface area contributed by atoms with Crippen molar-refractivity contribution in [3.05, 3.63) is 12.2 Å². The van der Waals surface area contributed by atoms with Gasteiger partial charge in [0.25, 0.3) is 0 Å². The van der Waals surface area contributed by atoms with Crippen LogP contribution in [0.3, 0.4) is 0 Å². The van der Waals surface area contributed by atoms with Gasteiger partial charge in [0.1, 0.15) is 5.78 Å². The Hall–Kier alpha value is -1.65. The van der Waals surface area contributed by atoms with Crippen LogP contribution in [0, 0.1) is 17.8 Å². The summed E-state index contributed by atoms with van der Waals surface area (Å²) in [6.07, 6.45) is 7.02. The highest BCUT2D eigenvalue weighted by Crippen LogP contribution is 2.34. The van der Waals surface area contributed by atoms with Gasteiger partial charge in [-0.2, -0.15) is 0 Å². The molecule has 0 spiro atoms.